The number of hydrogen-bond donors (Lipinski definition) is 0. The van der Waals surface area contributed by atoms with E-state index in [1.54, 1.807) is 0 Å². The van der Waals surface area contributed by atoms with E-state index in [2.05, 4.69) is 19.1 Å². The van der Waals surface area contributed by atoms with Gasteiger partial charge in [0.15, 0.2) is 17.4 Å². The maximum absolute atomic E-state index is 14.1. The van der Waals surface area contributed by atoms with Crippen molar-refractivity contribution in [2.45, 2.75) is 44.9 Å². The molecular weight excluding hydrogens is 337 g/mol. The van der Waals surface area contributed by atoms with Crippen LogP contribution in [0.4, 0.5) is 13.2 Å². The summed E-state index contributed by atoms with van der Waals surface area (Å²) in [6, 6.07) is 10.4. The lowest BCUT2D eigenvalue weighted by Crippen LogP contribution is -2.12. The molecule has 0 radical (unpaired) electrons. The Hall–Kier alpha value is -1.97. The van der Waals surface area contributed by atoms with E-state index in [1.807, 2.05) is 12.1 Å². The molecule has 0 N–H and O–H groups in total. The SMILES string of the molecule is CCC1CCC(c2ccc(-c3cc(F)c(OCCF)c(F)c3)cc2)CC1. The first-order chi connectivity index (χ1) is 12.6. The van der Waals surface area contributed by atoms with Crippen molar-refractivity contribution >= 4 is 0 Å². The molecule has 0 saturated heterocycles. The summed E-state index contributed by atoms with van der Waals surface area (Å²) in [5.74, 6) is -0.701. The Labute approximate surface area is 153 Å². The van der Waals surface area contributed by atoms with Crippen molar-refractivity contribution in [1.82, 2.24) is 0 Å². The van der Waals surface area contributed by atoms with Crippen molar-refractivity contribution in [1.29, 1.82) is 0 Å². The van der Waals surface area contributed by atoms with E-state index >= 15 is 0 Å². The van der Waals surface area contributed by atoms with Gasteiger partial charge in [0.2, 0.25) is 0 Å². The lowest BCUT2D eigenvalue weighted by atomic mass is 9.77. The molecule has 0 amide bonds. The second-order valence-electron chi connectivity index (χ2n) is 7.05. The third-order valence-electron chi connectivity index (χ3n) is 5.46. The summed E-state index contributed by atoms with van der Waals surface area (Å²) in [6.45, 7) is 1.11. The first-order valence-electron chi connectivity index (χ1n) is 9.40. The average Bonchev–Trinajstić information content (AvgIpc) is 2.67. The molecule has 1 saturated carbocycles. The first kappa shape index (κ1) is 18.8. The summed E-state index contributed by atoms with van der Waals surface area (Å²) in [5, 5.41) is 0. The predicted octanol–water partition coefficient (Wildman–Crippen LogP) is 6.66. The minimum Gasteiger partial charge on any atom is -0.485 e. The van der Waals surface area contributed by atoms with E-state index in [-0.39, 0.29) is 6.61 Å². The van der Waals surface area contributed by atoms with E-state index < -0.39 is 24.1 Å². The van der Waals surface area contributed by atoms with E-state index in [9.17, 15) is 13.2 Å². The molecule has 0 heterocycles. The van der Waals surface area contributed by atoms with Gasteiger partial charge in [0.1, 0.15) is 13.3 Å². The molecule has 2 aromatic rings. The van der Waals surface area contributed by atoms with E-state index in [4.69, 9.17) is 4.74 Å². The molecule has 1 nitrogen and oxygen atoms in total. The number of benzene rings is 2. The van der Waals surface area contributed by atoms with E-state index in [0.29, 0.717) is 11.5 Å². The Balaban J connectivity index is 1.74. The molecule has 1 aliphatic rings. The van der Waals surface area contributed by atoms with Gasteiger partial charge in [-0.05, 0) is 66.3 Å². The van der Waals surface area contributed by atoms with Crippen molar-refractivity contribution in [3.8, 4) is 16.9 Å². The first-order valence-corrected chi connectivity index (χ1v) is 9.40. The lowest BCUT2D eigenvalue weighted by Gasteiger charge is -2.28. The Morgan fingerprint density at radius 2 is 1.54 bits per heavy atom. The maximum atomic E-state index is 14.1. The molecule has 3 rings (SSSR count). The Morgan fingerprint density at radius 1 is 0.923 bits per heavy atom. The molecule has 0 aliphatic heterocycles. The van der Waals surface area contributed by atoms with E-state index in [0.717, 1.165) is 11.5 Å². The number of hydrogen-bond acceptors (Lipinski definition) is 1. The van der Waals surface area contributed by atoms with Crippen LogP contribution in [-0.4, -0.2) is 13.3 Å². The summed E-state index contributed by atoms with van der Waals surface area (Å²) >= 11 is 0. The second-order valence-corrected chi connectivity index (χ2v) is 7.05. The van der Waals surface area contributed by atoms with Gasteiger partial charge in [0.25, 0.3) is 0 Å². The maximum Gasteiger partial charge on any atom is 0.190 e. The van der Waals surface area contributed by atoms with Gasteiger partial charge in [-0.15, -0.1) is 0 Å². The monoisotopic (exact) mass is 362 g/mol. The van der Waals surface area contributed by atoms with Crippen LogP contribution >= 0.6 is 0 Å². The van der Waals surface area contributed by atoms with Gasteiger partial charge in [-0.2, -0.15) is 0 Å². The Morgan fingerprint density at radius 3 is 2.08 bits per heavy atom. The van der Waals surface area contributed by atoms with Gasteiger partial charge in [-0.1, -0.05) is 37.6 Å². The van der Waals surface area contributed by atoms with Crippen LogP contribution in [0.15, 0.2) is 36.4 Å². The lowest BCUT2D eigenvalue weighted by molar-refractivity contribution is 0.251. The quantitative estimate of drug-likeness (QED) is 0.558. The highest BCUT2D eigenvalue weighted by Gasteiger charge is 2.21. The van der Waals surface area contributed by atoms with Gasteiger partial charge in [-0.25, -0.2) is 13.2 Å². The Kier molecular flexibility index (Phi) is 6.23. The number of alkyl halides is 1. The largest absolute Gasteiger partial charge is 0.485 e. The molecular formula is C22H25F3O. The van der Waals surface area contributed by atoms with Crippen molar-refractivity contribution in [2.75, 3.05) is 13.3 Å². The van der Waals surface area contributed by atoms with Crippen LogP contribution in [0.2, 0.25) is 0 Å². The van der Waals surface area contributed by atoms with Crippen molar-refractivity contribution < 1.29 is 17.9 Å². The fourth-order valence-corrected chi connectivity index (χ4v) is 3.86. The fraction of sp³-hybridized carbons (Fsp3) is 0.455. The van der Waals surface area contributed by atoms with Crippen molar-refractivity contribution in [2.24, 2.45) is 5.92 Å². The van der Waals surface area contributed by atoms with Gasteiger partial charge in [0, 0.05) is 0 Å². The summed E-state index contributed by atoms with van der Waals surface area (Å²) in [4.78, 5) is 0. The van der Waals surface area contributed by atoms with Crippen LogP contribution in [-0.2, 0) is 0 Å². The number of rotatable bonds is 6. The molecule has 26 heavy (non-hydrogen) atoms. The molecule has 140 valence electrons. The highest BCUT2D eigenvalue weighted by molar-refractivity contribution is 5.65. The van der Waals surface area contributed by atoms with Crippen LogP contribution in [0.3, 0.4) is 0 Å². The van der Waals surface area contributed by atoms with Crippen LogP contribution in [0.5, 0.6) is 5.75 Å². The molecule has 4 heteroatoms. The van der Waals surface area contributed by atoms with Gasteiger partial charge in [-0.3, -0.25) is 0 Å². The van der Waals surface area contributed by atoms with E-state index in [1.165, 1.54) is 49.8 Å². The van der Waals surface area contributed by atoms with Crippen molar-refractivity contribution in [3.63, 3.8) is 0 Å². The molecule has 0 spiro atoms. The predicted molar refractivity (Wildman–Crippen MR) is 98.3 cm³/mol. The van der Waals surface area contributed by atoms with Crippen molar-refractivity contribution in [3.05, 3.63) is 53.6 Å². The molecule has 0 bridgehead atoms. The number of halogens is 3. The van der Waals surface area contributed by atoms with Crippen LogP contribution in [0.1, 0.15) is 50.5 Å². The highest BCUT2D eigenvalue weighted by Crippen LogP contribution is 2.37. The topological polar surface area (TPSA) is 9.23 Å². The van der Waals surface area contributed by atoms with Gasteiger partial charge < -0.3 is 4.74 Å². The van der Waals surface area contributed by atoms with Gasteiger partial charge >= 0.3 is 0 Å². The molecule has 2 aromatic carbocycles. The molecule has 0 unspecified atom stereocenters. The minimum absolute atomic E-state index is 0.359. The smallest absolute Gasteiger partial charge is 0.190 e. The highest BCUT2D eigenvalue weighted by atomic mass is 19.1. The van der Waals surface area contributed by atoms with Crippen LogP contribution < -0.4 is 4.74 Å². The zero-order valence-corrected chi connectivity index (χ0v) is 15.1. The van der Waals surface area contributed by atoms with Crippen LogP contribution in [0.25, 0.3) is 11.1 Å². The molecule has 0 aromatic heterocycles. The zero-order chi connectivity index (χ0) is 18.5. The normalized spacial score (nSPS) is 20.2. The molecule has 0 atom stereocenters. The Bertz CT molecular complexity index is 696. The summed E-state index contributed by atoms with van der Waals surface area (Å²) in [6.07, 6.45) is 6.23. The third kappa shape index (κ3) is 4.22. The summed E-state index contributed by atoms with van der Waals surface area (Å²) in [7, 11) is 0. The van der Waals surface area contributed by atoms with Crippen LogP contribution in [0, 0.1) is 17.6 Å². The number of ether oxygens (including phenoxy) is 1. The summed E-state index contributed by atoms with van der Waals surface area (Å²) in [5.41, 5.74) is 2.51. The standard InChI is InChI=1S/C22H25F3O/c1-2-15-3-5-16(6-4-15)17-7-9-18(10-8-17)19-13-20(24)22(21(25)14-19)26-12-11-23/h7-10,13-16H,2-6,11-12H2,1H3. The molecule has 1 fully saturated rings. The fourth-order valence-electron chi connectivity index (χ4n) is 3.86. The summed E-state index contributed by atoms with van der Waals surface area (Å²) < 4.78 is 45.1. The molecule has 1 aliphatic carbocycles. The third-order valence-corrected chi connectivity index (χ3v) is 5.46. The second kappa shape index (κ2) is 8.61. The minimum atomic E-state index is -0.810. The zero-order valence-electron chi connectivity index (χ0n) is 15.1. The van der Waals surface area contributed by atoms with Gasteiger partial charge in [0.05, 0.1) is 0 Å². The average molecular weight is 362 g/mol.